The topological polar surface area (TPSA) is 64.3 Å². The van der Waals surface area contributed by atoms with Crippen LogP contribution in [0, 0.1) is 5.82 Å². The number of amides is 1. The number of primary amides is 1. The number of rotatable bonds is 6. The Balaban J connectivity index is 2.71. The van der Waals surface area contributed by atoms with Crippen LogP contribution in [0.1, 0.15) is 31.9 Å². The summed E-state index contributed by atoms with van der Waals surface area (Å²) >= 11 is 0. The van der Waals surface area contributed by atoms with Crippen molar-refractivity contribution >= 4 is 5.91 Å². The molecule has 0 bridgehead atoms. The molecule has 0 saturated carbocycles. The van der Waals surface area contributed by atoms with Crippen LogP contribution in [-0.4, -0.2) is 19.1 Å². The van der Waals surface area contributed by atoms with E-state index in [2.05, 4.69) is 5.32 Å². The summed E-state index contributed by atoms with van der Waals surface area (Å²) in [6.07, 6.45) is 0.267. The second-order valence-electron chi connectivity index (χ2n) is 4.35. The molecule has 2 unspecified atom stereocenters. The van der Waals surface area contributed by atoms with Crippen LogP contribution in [-0.2, 0) is 4.79 Å². The normalized spacial score (nSPS) is 14.0. The van der Waals surface area contributed by atoms with Crippen molar-refractivity contribution in [3.05, 3.63) is 29.6 Å². The molecule has 0 saturated heterocycles. The molecule has 1 amide bonds. The van der Waals surface area contributed by atoms with Crippen molar-refractivity contribution in [3.63, 3.8) is 0 Å². The zero-order chi connectivity index (χ0) is 13.7. The Kier molecular flexibility index (Phi) is 5.09. The second kappa shape index (κ2) is 6.35. The van der Waals surface area contributed by atoms with Crippen LogP contribution in [0.2, 0.25) is 0 Å². The van der Waals surface area contributed by atoms with Crippen molar-refractivity contribution < 1.29 is 13.9 Å². The van der Waals surface area contributed by atoms with Gasteiger partial charge in [-0.2, -0.15) is 0 Å². The lowest BCUT2D eigenvalue weighted by Gasteiger charge is -2.20. The van der Waals surface area contributed by atoms with Gasteiger partial charge in [0.15, 0.2) is 11.6 Å². The highest BCUT2D eigenvalue weighted by molar-refractivity contribution is 5.74. The van der Waals surface area contributed by atoms with Gasteiger partial charge in [-0.05, 0) is 31.5 Å². The molecule has 0 radical (unpaired) electrons. The van der Waals surface area contributed by atoms with Gasteiger partial charge in [0.25, 0.3) is 0 Å². The van der Waals surface area contributed by atoms with Gasteiger partial charge in [-0.25, -0.2) is 4.39 Å². The highest BCUT2D eigenvalue weighted by Crippen LogP contribution is 2.22. The lowest BCUT2D eigenvalue weighted by atomic mass is 10.1. The molecule has 0 aliphatic heterocycles. The van der Waals surface area contributed by atoms with Crippen molar-refractivity contribution in [2.45, 2.75) is 32.4 Å². The molecule has 5 heteroatoms. The van der Waals surface area contributed by atoms with E-state index in [4.69, 9.17) is 10.5 Å². The van der Waals surface area contributed by atoms with E-state index < -0.39 is 5.82 Å². The molecule has 3 N–H and O–H groups in total. The number of nitrogens with one attached hydrogen (secondary N) is 1. The van der Waals surface area contributed by atoms with E-state index in [0.717, 1.165) is 5.56 Å². The highest BCUT2D eigenvalue weighted by atomic mass is 19.1. The lowest BCUT2D eigenvalue weighted by Crippen LogP contribution is -2.32. The molecule has 100 valence electrons. The van der Waals surface area contributed by atoms with Crippen LogP contribution in [0.3, 0.4) is 0 Å². The quantitative estimate of drug-likeness (QED) is 0.813. The van der Waals surface area contributed by atoms with Crippen molar-refractivity contribution in [1.29, 1.82) is 0 Å². The molecule has 0 aromatic heterocycles. The summed E-state index contributed by atoms with van der Waals surface area (Å²) in [5.41, 5.74) is 6.02. The van der Waals surface area contributed by atoms with E-state index in [0.29, 0.717) is 0 Å². The summed E-state index contributed by atoms with van der Waals surface area (Å²) in [7, 11) is 1.43. The Hall–Kier alpha value is -1.62. The summed E-state index contributed by atoms with van der Waals surface area (Å²) in [6.45, 7) is 3.81. The van der Waals surface area contributed by atoms with Crippen LogP contribution in [0.5, 0.6) is 5.75 Å². The third-order valence-corrected chi connectivity index (χ3v) is 2.72. The Morgan fingerprint density at radius 2 is 2.17 bits per heavy atom. The molecule has 1 aromatic carbocycles. The fourth-order valence-electron chi connectivity index (χ4n) is 1.83. The van der Waals surface area contributed by atoms with Gasteiger partial charge in [-0.15, -0.1) is 0 Å². The van der Waals surface area contributed by atoms with E-state index >= 15 is 0 Å². The maximum atomic E-state index is 13.3. The molecule has 0 fully saturated rings. The summed E-state index contributed by atoms with van der Waals surface area (Å²) < 4.78 is 18.2. The molecular weight excluding hydrogens is 235 g/mol. The molecular formula is C13H19FN2O2. The van der Waals surface area contributed by atoms with Gasteiger partial charge < -0.3 is 15.8 Å². The minimum Gasteiger partial charge on any atom is -0.494 e. The fraction of sp³-hybridized carbons (Fsp3) is 0.462. The number of methoxy groups -OCH3 is 1. The predicted octanol–water partition coefficient (Wildman–Crippen LogP) is 1.75. The van der Waals surface area contributed by atoms with Crippen molar-refractivity contribution in [1.82, 2.24) is 5.32 Å². The first-order valence-electron chi connectivity index (χ1n) is 5.81. The molecule has 1 rings (SSSR count). The van der Waals surface area contributed by atoms with Gasteiger partial charge in [0, 0.05) is 18.5 Å². The minimum absolute atomic E-state index is 0.0196. The molecule has 0 heterocycles. The number of ether oxygens (including phenoxy) is 1. The summed E-state index contributed by atoms with van der Waals surface area (Å²) in [6, 6.07) is 4.64. The van der Waals surface area contributed by atoms with Gasteiger partial charge >= 0.3 is 0 Å². The Bertz CT molecular complexity index is 423. The first kappa shape index (κ1) is 14.4. The SMILES string of the molecule is COc1cc(C(C)NC(C)CC(N)=O)ccc1F. The van der Waals surface area contributed by atoms with E-state index in [1.807, 2.05) is 13.8 Å². The molecule has 0 aliphatic carbocycles. The maximum absolute atomic E-state index is 13.3. The second-order valence-corrected chi connectivity index (χ2v) is 4.35. The fourth-order valence-corrected chi connectivity index (χ4v) is 1.83. The zero-order valence-electron chi connectivity index (χ0n) is 10.9. The van der Waals surface area contributed by atoms with Crippen LogP contribution < -0.4 is 15.8 Å². The smallest absolute Gasteiger partial charge is 0.218 e. The van der Waals surface area contributed by atoms with E-state index in [-0.39, 0.29) is 30.2 Å². The monoisotopic (exact) mass is 254 g/mol. The summed E-state index contributed by atoms with van der Waals surface area (Å²) in [5, 5.41) is 3.22. The molecule has 18 heavy (non-hydrogen) atoms. The first-order chi connectivity index (χ1) is 8.43. The van der Waals surface area contributed by atoms with Gasteiger partial charge in [-0.3, -0.25) is 4.79 Å². The molecule has 0 aliphatic rings. The minimum atomic E-state index is -0.390. The van der Waals surface area contributed by atoms with Crippen molar-refractivity contribution in [3.8, 4) is 5.75 Å². The summed E-state index contributed by atoms with van der Waals surface area (Å²) in [5.74, 6) is -0.527. The van der Waals surface area contributed by atoms with E-state index in [1.54, 1.807) is 12.1 Å². The third kappa shape index (κ3) is 4.00. The first-order valence-corrected chi connectivity index (χ1v) is 5.81. The predicted molar refractivity (Wildman–Crippen MR) is 67.8 cm³/mol. The zero-order valence-corrected chi connectivity index (χ0v) is 10.9. The van der Waals surface area contributed by atoms with Crippen molar-refractivity contribution in [2.24, 2.45) is 5.73 Å². The standard InChI is InChI=1S/C13H19FN2O2/c1-8(6-13(15)17)16-9(2)10-4-5-11(14)12(7-10)18-3/h4-5,7-9,16H,6H2,1-3H3,(H2,15,17). The lowest BCUT2D eigenvalue weighted by molar-refractivity contribution is -0.118. The number of hydrogen-bond donors (Lipinski definition) is 2. The third-order valence-electron chi connectivity index (χ3n) is 2.72. The van der Waals surface area contributed by atoms with Crippen LogP contribution in [0.25, 0.3) is 0 Å². The molecule has 4 nitrogen and oxygen atoms in total. The number of nitrogens with two attached hydrogens (primary N) is 1. The maximum Gasteiger partial charge on any atom is 0.218 e. The average molecular weight is 254 g/mol. The molecule has 2 atom stereocenters. The van der Waals surface area contributed by atoms with Crippen LogP contribution in [0.15, 0.2) is 18.2 Å². The largest absolute Gasteiger partial charge is 0.494 e. The van der Waals surface area contributed by atoms with Crippen molar-refractivity contribution in [2.75, 3.05) is 7.11 Å². The number of carbonyl (C=O) groups excluding carboxylic acids is 1. The number of hydrogen-bond acceptors (Lipinski definition) is 3. The Morgan fingerprint density at radius 3 is 2.72 bits per heavy atom. The van der Waals surface area contributed by atoms with Gasteiger partial charge in [0.2, 0.25) is 5.91 Å². The van der Waals surface area contributed by atoms with Gasteiger partial charge in [0.1, 0.15) is 0 Å². The van der Waals surface area contributed by atoms with Crippen LogP contribution >= 0.6 is 0 Å². The van der Waals surface area contributed by atoms with E-state index in [9.17, 15) is 9.18 Å². The number of halogens is 1. The van der Waals surface area contributed by atoms with E-state index in [1.165, 1.54) is 13.2 Å². The average Bonchev–Trinajstić information content (AvgIpc) is 2.28. The molecule has 0 spiro atoms. The van der Waals surface area contributed by atoms with Gasteiger partial charge in [-0.1, -0.05) is 6.07 Å². The van der Waals surface area contributed by atoms with Crippen LogP contribution in [0.4, 0.5) is 4.39 Å². The van der Waals surface area contributed by atoms with Gasteiger partial charge in [0.05, 0.1) is 7.11 Å². The number of benzene rings is 1. The summed E-state index contributed by atoms with van der Waals surface area (Å²) in [4.78, 5) is 10.8. The molecule has 1 aromatic rings. The Labute approximate surface area is 106 Å². The highest BCUT2D eigenvalue weighted by Gasteiger charge is 2.13. The number of carbonyl (C=O) groups is 1. The Morgan fingerprint density at radius 1 is 1.50 bits per heavy atom.